The van der Waals surface area contributed by atoms with Gasteiger partial charge in [0.25, 0.3) is 0 Å². The molecular weight excluding hydrogens is 234 g/mol. The van der Waals surface area contributed by atoms with Crippen molar-refractivity contribution in [1.29, 1.82) is 0 Å². The average molecular weight is 257 g/mol. The van der Waals surface area contributed by atoms with E-state index in [0.717, 1.165) is 25.7 Å². The molecule has 2 unspecified atom stereocenters. The highest BCUT2D eigenvalue weighted by Crippen LogP contribution is 2.38. The maximum absolute atomic E-state index is 11.6. The molecule has 0 spiro atoms. The summed E-state index contributed by atoms with van der Waals surface area (Å²) in [6.45, 7) is 4.66. The van der Waals surface area contributed by atoms with E-state index in [4.69, 9.17) is 9.47 Å². The van der Waals surface area contributed by atoms with E-state index in [1.807, 2.05) is 6.92 Å². The van der Waals surface area contributed by atoms with Crippen molar-refractivity contribution in [1.82, 2.24) is 5.32 Å². The molecule has 2 fully saturated rings. The highest BCUT2D eigenvalue weighted by molar-refractivity contribution is 5.79. The molecule has 0 aromatic rings. The summed E-state index contributed by atoms with van der Waals surface area (Å²) in [5, 5.41) is 12.7. The van der Waals surface area contributed by atoms with E-state index >= 15 is 0 Å². The summed E-state index contributed by atoms with van der Waals surface area (Å²) in [4.78, 5) is 11.6. The fourth-order valence-electron chi connectivity index (χ4n) is 3.06. The summed E-state index contributed by atoms with van der Waals surface area (Å²) in [6.07, 6.45) is 3.73. The van der Waals surface area contributed by atoms with Crippen molar-refractivity contribution < 1.29 is 19.4 Å². The van der Waals surface area contributed by atoms with Gasteiger partial charge in [-0.3, -0.25) is 4.79 Å². The van der Waals surface area contributed by atoms with Crippen LogP contribution in [0.15, 0.2) is 0 Å². The number of carboxylic acids is 1. The highest BCUT2D eigenvalue weighted by atomic mass is 16.6. The minimum Gasteiger partial charge on any atom is -0.480 e. The van der Waals surface area contributed by atoms with Gasteiger partial charge in [-0.05, 0) is 31.7 Å². The van der Waals surface area contributed by atoms with Gasteiger partial charge in [-0.1, -0.05) is 13.3 Å². The Morgan fingerprint density at radius 1 is 1.56 bits per heavy atom. The predicted molar refractivity (Wildman–Crippen MR) is 66.6 cm³/mol. The number of ether oxygens (including phenoxy) is 2. The van der Waals surface area contributed by atoms with Gasteiger partial charge in [0.15, 0.2) is 0 Å². The van der Waals surface area contributed by atoms with Crippen LogP contribution in [0.2, 0.25) is 0 Å². The molecule has 0 amide bonds. The predicted octanol–water partition coefficient (Wildman–Crippen LogP) is 1.02. The highest BCUT2D eigenvalue weighted by Gasteiger charge is 2.48. The molecule has 1 aliphatic carbocycles. The molecule has 0 radical (unpaired) electrons. The number of carboxylic acid groups (broad SMARTS) is 1. The van der Waals surface area contributed by atoms with E-state index in [-0.39, 0.29) is 12.0 Å². The lowest BCUT2D eigenvalue weighted by Gasteiger charge is -2.33. The fraction of sp³-hybridized carbons (Fsp3) is 0.923. The minimum absolute atomic E-state index is 0.177. The van der Waals surface area contributed by atoms with Gasteiger partial charge in [-0.15, -0.1) is 0 Å². The lowest BCUT2D eigenvalue weighted by Crippen LogP contribution is -2.55. The summed E-state index contributed by atoms with van der Waals surface area (Å²) in [5.41, 5.74) is -0.728. The van der Waals surface area contributed by atoms with Gasteiger partial charge in [-0.25, -0.2) is 0 Å². The van der Waals surface area contributed by atoms with Crippen LogP contribution in [0.1, 0.15) is 32.6 Å². The summed E-state index contributed by atoms with van der Waals surface area (Å²) < 4.78 is 10.7. The molecule has 1 aliphatic heterocycles. The van der Waals surface area contributed by atoms with Crippen molar-refractivity contribution in [3.8, 4) is 0 Å². The smallest absolute Gasteiger partial charge is 0.324 e. The first-order valence-corrected chi connectivity index (χ1v) is 6.87. The Morgan fingerprint density at radius 2 is 2.33 bits per heavy atom. The molecule has 0 bridgehead atoms. The molecule has 2 aliphatic rings. The minimum atomic E-state index is -0.728. The summed E-state index contributed by atoms with van der Waals surface area (Å²) >= 11 is 0. The lowest BCUT2D eigenvalue weighted by molar-refractivity contribution is -0.148. The normalized spacial score (nSPS) is 32.4. The molecule has 2 atom stereocenters. The van der Waals surface area contributed by atoms with Crippen LogP contribution in [-0.2, 0) is 14.3 Å². The van der Waals surface area contributed by atoms with Crippen molar-refractivity contribution >= 4 is 5.97 Å². The van der Waals surface area contributed by atoms with Crippen LogP contribution in [0.3, 0.4) is 0 Å². The third-order valence-electron chi connectivity index (χ3n) is 4.12. The molecule has 104 valence electrons. The summed E-state index contributed by atoms with van der Waals surface area (Å²) in [5.74, 6) is -0.533. The van der Waals surface area contributed by atoms with E-state index < -0.39 is 11.5 Å². The second-order valence-corrected chi connectivity index (χ2v) is 5.21. The number of hydrogen-bond acceptors (Lipinski definition) is 4. The maximum atomic E-state index is 11.6. The van der Waals surface area contributed by atoms with Crippen LogP contribution in [0.5, 0.6) is 0 Å². The zero-order chi connectivity index (χ0) is 13.0. The third kappa shape index (κ3) is 2.68. The molecule has 1 heterocycles. The Labute approximate surface area is 108 Å². The molecule has 1 saturated heterocycles. The van der Waals surface area contributed by atoms with Gasteiger partial charge in [-0.2, -0.15) is 0 Å². The monoisotopic (exact) mass is 257 g/mol. The largest absolute Gasteiger partial charge is 0.480 e. The zero-order valence-corrected chi connectivity index (χ0v) is 11.0. The maximum Gasteiger partial charge on any atom is 0.324 e. The molecule has 2 N–H and O–H groups in total. The Balaban J connectivity index is 1.85. The average Bonchev–Trinajstić information content (AvgIpc) is 2.67. The van der Waals surface area contributed by atoms with Gasteiger partial charge in [0.1, 0.15) is 11.6 Å². The van der Waals surface area contributed by atoms with Crippen LogP contribution in [-0.4, -0.2) is 49.1 Å². The van der Waals surface area contributed by atoms with Crippen LogP contribution >= 0.6 is 0 Å². The Bertz CT molecular complexity index is 293. The summed E-state index contributed by atoms with van der Waals surface area (Å²) in [7, 11) is 0. The van der Waals surface area contributed by atoms with E-state index in [1.165, 1.54) is 0 Å². The Hall–Kier alpha value is -0.650. The van der Waals surface area contributed by atoms with E-state index in [9.17, 15) is 9.90 Å². The third-order valence-corrected chi connectivity index (χ3v) is 4.12. The van der Waals surface area contributed by atoms with Crippen molar-refractivity contribution in [2.24, 2.45) is 5.92 Å². The SMILES string of the molecule is CCNC1(C(=O)O)CCCC1CCOC1COC1. The van der Waals surface area contributed by atoms with Gasteiger partial charge < -0.3 is 19.9 Å². The van der Waals surface area contributed by atoms with Crippen LogP contribution in [0.25, 0.3) is 0 Å². The molecule has 2 rings (SSSR count). The van der Waals surface area contributed by atoms with Crippen molar-refractivity contribution in [3.05, 3.63) is 0 Å². The molecule has 0 aromatic heterocycles. The van der Waals surface area contributed by atoms with E-state index in [1.54, 1.807) is 0 Å². The van der Waals surface area contributed by atoms with Crippen molar-refractivity contribution in [2.45, 2.75) is 44.2 Å². The second-order valence-electron chi connectivity index (χ2n) is 5.21. The van der Waals surface area contributed by atoms with Crippen molar-refractivity contribution in [3.63, 3.8) is 0 Å². The first-order valence-electron chi connectivity index (χ1n) is 6.87. The number of aliphatic carboxylic acids is 1. The van der Waals surface area contributed by atoms with Gasteiger partial charge in [0, 0.05) is 6.61 Å². The van der Waals surface area contributed by atoms with Crippen LogP contribution in [0, 0.1) is 5.92 Å². The first kappa shape index (κ1) is 13.8. The molecule has 1 saturated carbocycles. The van der Waals surface area contributed by atoms with Gasteiger partial charge >= 0.3 is 5.97 Å². The number of rotatable bonds is 7. The second kappa shape index (κ2) is 5.99. The standard InChI is InChI=1S/C13H23NO4/c1-2-14-13(12(15)16)6-3-4-10(13)5-7-18-11-8-17-9-11/h10-11,14H,2-9H2,1H3,(H,15,16). The molecule has 18 heavy (non-hydrogen) atoms. The van der Waals surface area contributed by atoms with Gasteiger partial charge in [0.2, 0.25) is 0 Å². The zero-order valence-electron chi connectivity index (χ0n) is 11.0. The number of likely N-dealkylation sites (N-methyl/N-ethyl adjacent to an activating group) is 1. The Kier molecular flexibility index (Phi) is 4.59. The molecular formula is C13H23NO4. The Morgan fingerprint density at radius 3 is 2.89 bits per heavy atom. The quantitative estimate of drug-likeness (QED) is 0.713. The fourth-order valence-corrected chi connectivity index (χ4v) is 3.06. The molecule has 5 nitrogen and oxygen atoms in total. The molecule has 0 aromatic carbocycles. The van der Waals surface area contributed by atoms with E-state index in [2.05, 4.69) is 5.32 Å². The molecule has 5 heteroatoms. The number of hydrogen-bond donors (Lipinski definition) is 2. The number of nitrogens with one attached hydrogen (secondary N) is 1. The van der Waals surface area contributed by atoms with Crippen LogP contribution < -0.4 is 5.32 Å². The lowest BCUT2D eigenvalue weighted by atomic mass is 9.84. The summed E-state index contributed by atoms with van der Waals surface area (Å²) in [6, 6.07) is 0. The van der Waals surface area contributed by atoms with Gasteiger partial charge in [0.05, 0.1) is 13.2 Å². The van der Waals surface area contributed by atoms with Crippen LogP contribution in [0.4, 0.5) is 0 Å². The first-order chi connectivity index (χ1) is 8.69. The van der Waals surface area contributed by atoms with E-state index in [0.29, 0.717) is 26.4 Å². The van der Waals surface area contributed by atoms with Crippen molar-refractivity contribution in [2.75, 3.05) is 26.4 Å². The topological polar surface area (TPSA) is 67.8 Å². The number of carbonyl (C=O) groups is 1.